The lowest BCUT2D eigenvalue weighted by Gasteiger charge is -2.36. The summed E-state index contributed by atoms with van der Waals surface area (Å²) in [5.74, 6) is -0.425. The molecule has 2 aliphatic rings. The zero-order valence-electron chi connectivity index (χ0n) is 19.8. The normalized spacial score (nSPS) is 23.4. The molecular formula is C27H28F5N3O. The molecule has 1 saturated carbocycles. The Labute approximate surface area is 207 Å². The molecule has 1 N–H and O–H groups in total. The number of alkyl halides is 4. The van der Waals surface area contributed by atoms with Gasteiger partial charge in [-0.25, -0.2) is 8.78 Å². The number of rotatable bonds is 6. The molecule has 1 heterocycles. The number of halogens is 5. The predicted octanol–water partition coefficient (Wildman–Crippen LogP) is 5.87. The molecule has 192 valence electrons. The van der Waals surface area contributed by atoms with E-state index in [9.17, 15) is 32.0 Å². The molecule has 1 amide bonds. The maximum absolute atomic E-state index is 13.2. The van der Waals surface area contributed by atoms with E-state index in [0.717, 1.165) is 43.6 Å². The van der Waals surface area contributed by atoms with E-state index in [4.69, 9.17) is 0 Å². The predicted molar refractivity (Wildman–Crippen MR) is 124 cm³/mol. The van der Waals surface area contributed by atoms with Crippen molar-refractivity contribution in [2.24, 2.45) is 5.41 Å². The first-order chi connectivity index (χ1) is 17.1. The van der Waals surface area contributed by atoms with Crippen molar-refractivity contribution in [3.05, 3.63) is 70.5 Å². The minimum Gasteiger partial charge on any atom is -0.351 e. The first-order valence-electron chi connectivity index (χ1n) is 12.1. The lowest BCUT2D eigenvalue weighted by atomic mass is 9.85. The van der Waals surface area contributed by atoms with E-state index in [1.165, 1.54) is 18.2 Å². The number of nitrogens with zero attached hydrogens (tertiary/aromatic N) is 2. The van der Waals surface area contributed by atoms with Crippen LogP contribution in [-0.4, -0.2) is 29.9 Å². The zero-order chi connectivity index (χ0) is 25.9. The fourth-order valence-electron chi connectivity index (χ4n) is 5.48. The highest BCUT2D eigenvalue weighted by atomic mass is 19.4. The summed E-state index contributed by atoms with van der Waals surface area (Å²) in [5.41, 5.74) is -1.09. The van der Waals surface area contributed by atoms with E-state index in [0.29, 0.717) is 25.2 Å². The van der Waals surface area contributed by atoms with Crippen LogP contribution in [0.25, 0.3) is 0 Å². The number of hydrogen-bond acceptors (Lipinski definition) is 3. The molecule has 2 aromatic carbocycles. The quantitative estimate of drug-likeness (QED) is 0.500. The first kappa shape index (κ1) is 26.1. The van der Waals surface area contributed by atoms with Crippen LogP contribution >= 0.6 is 0 Å². The molecule has 2 fully saturated rings. The Kier molecular flexibility index (Phi) is 7.65. The topological polar surface area (TPSA) is 56.1 Å². The van der Waals surface area contributed by atoms with Crippen LogP contribution in [0.4, 0.5) is 22.0 Å². The minimum absolute atomic E-state index is 0.0660. The number of carbonyl (C=O) groups is 1. The highest BCUT2D eigenvalue weighted by molar-refractivity contribution is 5.85. The molecule has 0 radical (unpaired) electrons. The van der Waals surface area contributed by atoms with Crippen LogP contribution in [0.5, 0.6) is 0 Å². The molecule has 4 nitrogen and oxygen atoms in total. The Morgan fingerprint density at radius 1 is 1.08 bits per heavy atom. The third kappa shape index (κ3) is 5.70. The summed E-state index contributed by atoms with van der Waals surface area (Å²) >= 11 is 0. The van der Waals surface area contributed by atoms with Gasteiger partial charge < -0.3 is 10.2 Å². The SMILES string of the molecule is N#CC1(C(=O)NCc2cc(CF)cc(C(F)(F)F)c2)CCC(N2CCC(c3ccc(F)cc3)CC2)C1. The summed E-state index contributed by atoms with van der Waals surface area (Å²) in [7, 11) is 0. The van der Waals surface area contributed by atoms with Gasteiger partial charge in [0.25, 0.3) is 0 Å². The van der Waals surface area contributed by atoms with Gasteiger partial charge in [-0.1, -0.05) is 18.2 Å². The summed E-state index contributed by atoms with van der Waals surface area (Å²) in [6.07, 6.45) is -1.41. The van der Waals surface area contributed by atoms with E-state index in [1.807, 2.05) is 12.1 Å². The molecule has 4 rings (SSSR count). The number of hydrogen-bond donors (Lipinski definition) is 1. The van der Waals surface area contributed by atoms with Gasteiger partial charge in [-0.05, 0) is 92.1 Å². The molecular weight excluding hydrogens is 477 g/mol. The first-order valence-corrected chi connectivity index (χ1v) is 12.1. The fourth-order valence-corrected chi connectivity index (χ4v) is 5.48. The maximum atomic E-state index is 13.2. The van der Waals surface area contributed by atoms with Gasteiger partial charge in [-0.15, -0.1) is 0 Å². The lowest BCUT2D eigenvalue weighted by molar-refractivity contribution is -0.137. The molecule has 1 saturated heterocycles. The minimum atomic E-state index is -4.62. The molecule has 0 spiro atoms. The zero-order valence-corrected chi connectivity index (χ0v) is 19.8. The van der Waals surface area contributed by atoms with Crippen LogP contribution < -0.4 is 5.32 Å². The van der Waals surface area contributed by atoms with Gasteiger partial charge >= 0.3 is 6.18 Å². The van der Waals surface area contributed by atoms with Crippen molar-refractivity contribution in [2.75, 3.05) is 13.1 Å². The summed E-state index contributed by atoms with van der Waals surface area (Å²) in [4.78, 5) is 15.3. The van der Waals surface area contributed by atoms with Crippen molar-refractivity contribution < 1.29 is 26.7 Å². The summed E-state index contributed by atoms with van der Waals surface area (Å²) in [6.45, 7) is 0.359. The van der Waals surface area contributed by atoms with E-state index in [1.54, 1.807) is 0 Å². The molecule has 0 aromatic heterocycles. The van der Waals surface area contributed by atoms with Crippen molar-refractivity contribution in [1.82, 2.24) is 10.2 Å². The van der Waals surface area contributed by atoms with Gasteiger partial charge in [0.05, 0.1) is 11.6 Å². The fraction of sp³-hybridized carbons (Fsp3) is 0.481. The number of nitrogens with one attached hydrogen (secondary N) is 1. The standard InChI is InChI=1S/C27H28F5N3O/c28-15-18-11-19(13-22(12-18)27(30,31)32)16-34-25(36)26(17-33)8-5-24(14-26)35-9-6-21(7-10-35)20-1-3-23(29)4-2-20/h1-4,11-13,21,24H,5-10,14-16H2,(H,34,36). The molecule has 0 bridgehead atoms. The van der Waals surface area contributed by atoms with Gasteiger partial charge in [0.1, 0.15) is 17.9 Å². The molecule has 2 atom stereocenters. The van der Waals surface area contributed by atoms with Gasteiger partial charge in [0, 0.05) is 12.6 Å². The Balaban J connectivity index is 1.35. The third-order valence-electron chi connectivity index (χ3n) is 7.51. The number of carbonyl (C=O) groups excluding carboxylic acids is 1. The molecule has 9 heteroatoms. The molecule has 1 aliphatic heterocycles. The van der Waals surface area contributed by atoms with Crippen molar-refractivity contribution in [2.45, 2.75) is 63.5 Å². The van der Waals surface area contributed by atoms with Crippen LogP contribution in [-0.2, 0) is 24.2 Å². The van der Waals surface area contributed by atoms with Crippen LogP contribution in [0.3, 0.4) is 0 Å². The van der Waals surface area contributed by atoms with Crippen LogP contribution in [0, 0.1) is 22.6 Å². The molecule has 2 unspecified atom stereocenters. The van der Waals surface area contributed by atoms with Crippen LogP contribution in [0.2, 0.25) is 0 Å². The number of nitriles is 1. The van der Waals surface area contributed by atoms with Crippen molar-refractivity contribution in [3.8, 4) is 6.07 Å². The van der Waals surface area contributed by atoms with E-state index in [-0.39, 0.29) is 29.5 Å². The van der Waals surface area contributed by atoms with Crippen molar-refractivity contribution in [1.29, 1.82) is 5.26 Å². The molecule has 1 aliphatic carbocycles. The summed E-state index contributed by atoms with van der Waals surface area (Å²) < 4.78 is 65.7. The highest BCUT2D eigenvalue weighted by Gasteiger charge is 2.47. The second-order valence-electron chi connectivity index (χ2n) is 9.80. The maximum Gasteiger partial charge on any atom is 0.416 e. The van der Waals surface area contributed by atoms with Gasteiger partial charge in [0.15, 0.2) is 0 Å². The van der Waals surface area contributed by atoms with E-state index < -0.39 is 29.7 Å². The molecule has 36 heavy (non-hydrogen) atoms. The Bertz CT molecular complexity index is 1120. The summed E-state index contributed by atoms with van der Waals surface area (Å²) in [6, 6.07) is 11.7. The number of amides is 1. The van der Waals surface area contributed by atoms with E-state index in [2.05, 4.69) is 16.3 Å². The van der Waals surface area contributed by atoms with Crippen molar-refractivity contribution in [3.63, 3.8) is 0 Å². The highest BCUT2D eigenvalue weighted by Crippen LogP contribution is 2.42. The number of likely N-dealkylation sites (tertiary alicyclic amines) is 1. The van der Waals surface area contributed by atoms with Crippen LogP contribution in [0.1, 0.15) is 60.3 Å². The second-order valence-corrected chi connectivity index (χ2v) is 9.80. The average molecular weight is 506 g/mol. The Morgan fingerprint density at radius 2 is 1.75 bits per heavy atom. The number of piperidine rings is 1. The largest absolute Gasteiger partial charge is 0.416 e. The lowest BCUT2D eigenvalue weighted by Crippen LogP contribution is -2.43. The van der Waals surface area contributed by atoms with Gasteiger partial charge in [0.2, 0.25) is 5.91 Å². The van der Waals surface area contributed by atoms with Gasteiger partial charge in [-0.2, -0.15) is 18.4 Å². The third-order valence-corrected chi connectivity index (χ3v) is 7.51. The van der Waals surface area contributed by atoms with E-state index >= 15 is 0 Å². The second kappa shape index (κ2) is 10.6. The summed E-state index contributed by atoms with van der Waals surface area (Å²) in [5, 5.41) is 12.5. The van der Waals surface area contributed by atoms with Crippen molar-refractivity contribution >= 4 is 5.91 Å². The smallest absolute Gasteiger partial charge is 0.351 e. The molecule has 2 aromatic rings. The number of benzene rings is 2. The van der Waals surface area contributed by atoms with Gasteiger partial charge in [-0.3, -0.25) is 4.79 Å². The Hall–Kier alpha value is -2.99. The monoisotopic (exact) mass is 505 g/mol. The Morgan fingerprint density at radius 3 is 2.36 bits per heavy atom. The average Bonchev–Trinajstić information content (AvgIpc) is 3.33. The van der Waals surface area contributed by atoms with Crippen LogP contribution in [0.15, 0.2) is 42.5 Å².